The zero-order chi connectivity index (χ0) is 12.1. The van der Waals surface area contributed by atoms with Crippen LogP contribution in [0.5, 0.6) is 0 Å². The molecule has 88 valence electrons. The number of aliphatic hydroxyl groups is 1. The minimum Gasteiger partial charge on any atom is -0.394 e. The molecular formula is C11H13BrClNO2. The van der Waals surface area contributed by atoms with Crippen molar-refractivity contribution in [1.29, 1.82) is 0 Å². The Kier molecular flexibility index (Phi) is 5.25. The van der Waals surface area contributed by atoms with Crippen LogP contribution >= 0.6 is 27.5 Å². The van der Waals surface area contributed by atoms with Crippen LogP contribution in [0.4, 0.5) is 0 Å². The molecule has 2 N–H and O–H groups in total. The number of benzene rings is 1. The maximum absolute atomic E-state index is 11.4. The summed E-state index contributed by atoms with van der Waals surface area (Å²) in [5, 5.41) is 11.3. The number of aliphatic hydroxyl groups excluding tert-OH is 1. The van der Waals surface area contributed by atoms with Crippen LogP contribution in [0, 0.1) is 0 Å². The van der Waals surface area contributed by atoms with Crippen molar-refractivity contribution in [1.82, 2.24) is 5.32 Å². The second-order valence-electron chi connectivity index (χ2n) is 3.41. The van der Waals surface area contributed by atoms with E-state index in [0.29, 0.717) is 0 Å². The van der Waals surface area contributed by atoms with E-state index in [1.807, 2.05) is 24.3 Å². The first kappa shape index (κ1) is 13.5. The van der Waals surface area contributed by atoms with Gasteiger partial charge >= 0.3 is 0 Å². The van der Waals surface area contributed by atoms with Gasteiger partial charge in [-0.2, -0.15) is 0 Å². The van der Waals surface area contributed by atoms with Gasteiger partial charge in [0.05, 0.1) is 12.6 Å². The Hall–Kier alpha value is -0.580. The van der Waals surface area contributed by atoms with Crippen molar-refractivity contribution in [3.05, 3.63) is 34.3 Å². The number of hydrogen-bond donors (Lipinski definition) is 2. The molecule has 1 aromatic rings. The van der Waals surface area contributed by atoms with Gasteiger partial charge in [0, 0.05) is 4.47 Å². The molecule has 0 fully saturated rings. The van der Waals surface area contributed by atoms with Gasteiger partial charge in [0.25, 0.3) is 0 Å². The number of carbonyl (C=O) groups excluding carboxylic acids is 1. The van der Waals surface area contributed by atoms with Crippen molar-refractivity contribution >= 4 is 33.4 Å². The number of alkyl halides is 1. The van der Waals surface area contributed by atoms with Crippen LogP contribution in [-0.2, 0) is 4.79 Å². The lowest BCUT2D eigenvalue weighted by molar-refractivity contribution is -0.121. The van der Waals surface area contributed by atoms with Gasteiger partial charge in [-0.05, 0) is 24.6 Å². The summed E-state index contributed by atoms with van der Waals surface area (Å²) in [6.07, 6.45) is 0. The summed E-state index contributed by atoms with van der Waals surface area (Å²) in [5.74, 6) is -0.288. The number of rotatable bonds is 4. The van der Waals surface area contributed by atoms with Crippen LogP contribution in [0.25, 0.3) is 0 Å². The van der Waals surface area contributed by atoms with Crippen LogP contribution < -0.4 is 5.32 Å². The third-order valence-electron chi connectivity index (χ3n) is 2.13. The third-order valence-corrected chi connectivity index (χ3v) is 2.86. The minimum atomic E-state index is -0.607. The molecule has 0 aliphatic heterocycles. The van der Waals surface area contributed by atoms with Crippen molar-refractivity contribution in [3.8, 4) is 0 Å². The number of carbonyl (C=O) groups is 1. The van der Waals surface area contributed by atoms with E-state index >= 15 is 0 Å². The van der Waals surface area contributed by atoms with Gasteiger partial charge in [-0.1, -0.05) is 28.1 Å². The normalized spacial score (nSPS) is 14.2. The average molecular weight is 307 g/mol. The Morgan fingerprint density at radius 2 is 2.06 bits per heavy atom. The molecule has 2 atom stereocenters. The molecule has 5 heteroatoms. The molecule has 3 nitrogen and oxygen atoms in total. The van der Waals surface area contributed by atoms with E-state index in [2.05, 4.69) is 21.2 Å². The van der Waals surface area contributed by atoms with Crippen LogP contribution in [0.1, 0.15) is 18.5 Å². The Balaban J connectivity index is 2.74. The molecule has 0 aliphatic rings. The quantitative estimate of drug-likeness (QED) is 0.838. The summed E-state index contributed by atoms with van der Waals surface area (Å²) in [5.41, 5.74) is 0.844. The summed E-state index contributed by atoms with van der Waals surface area (Å²) < 4.78 is 0.949. The fourth-order valence-corrected chi connectivity index (χ4v) is 1.54. The number of nitrogens with one attached hydrogen (secondary N) is 1. The molecule has 1 rings (SSSR count). The maximum atomic E-state index is 11.4. The lowest BCUT2D eigenvalue weighted by atomic mass is 10.1. The largest absolute Gasteiger partial charge is 0.394 e. The highest BCUT2D eigenvalue weighted by molar-refractivity contribution is 9.10. The Morgan fingerprint density at radius 1 is 1.50 bits per heavy atom. The molecule has 0 bridgehead atoms. The van der Waals surface area contributed by atoms with Crippen molar-refractivity contribution < 1.29 is 9.90 Å². The topological polar surface area (TPSA) is 49.3 Å². The van der Waals surface area contributed by atoms with Crippen molar-refractivity contribution in [3.63, 3.8) is 0 Å². The second kappa shape index (κ2) is 6.23. The van der Waals surface area contributed by atoms with Crippen molar-refractivity contribution in [2.45, 2.75) is 18.3 Å². The van der Waals surface area contributed by atoms with Gasteiger partial charge in [0.2, 0.25) is 5.91 Å². The van der Waals surface area contributed by atoms with E-state index in [-0.39, 0.29) is 12.5 Å². The monoisotopic (exact) mass is 305 g/mol. The summed E-state index contributed by atoms with van der Waals surface area (Å²) in [6, 6.07) is 6.97. The first-order chi connectivity index (χ1) is 7.54. The highest BCUT2D eigenvalue weighted by Gasteiger charge is 2.16. The van der Waals surface area contributed by atoms with Crippen LogP contribution in [0.15, 0.2) is 28.7 Å². The molecule has 0 heterocycles. The number of amides is 1. The molecule has 1 aromatic carbocycles. The molecule has 0 saturated heterocycles. The molecule has 16 heavy (non-hydrogen) atoms. The van der Waals surface area contributed by atoms with Gasteiger partial charge in [0.15, 0.2) is 0 Å². The predicted molar refractivity (Wildman–Crippen MR) is 67.4 cm³/mol. The molecule has 0 spiro atoms. The molecule has 0 aliphatic carbocycles. The lowest BCUT2D eigenvalue weighted by Crippen LogP contribution is -2.35. The highest BCUT2D eigenvalue weighted by atomic mass is 79.9. The second-order valence-corrected chi connectivity index (χ2v) is 4.98. The minimum absolute atomic E-state index is 0.156. The Bertz CT molecular complexity index is 354. The molecule has 1 amide bonds. The SMILES string of the molecule is CC(Cl)C(=O)NC(CO)c1ccc(Br)cc1. The summed E-state index contributed by atoms with van der Waals surface area (Å²) in [4.78, 5) is 11.4. The molecular weight excluding hydrogens is 293 g/mol. The summed E-state index contributed by atoms with van der Waals surface area (Å²) in [7, 11) is 0. The fourth-order valence-electron chi connectivity index (χ4n) is 1.22. The average Bonchev–Trinajstić information content (AvgIpc) is 2.26. The lowest BCUT2D eigenvalue weighted by Gasteiger charge is -2.17. The predicted octanol–water partition coefficient (Wildman–Crippen LogP) is 2.23. The van der Waals surface area contributed by atoms with Crippen molar-refractivity contribution in [2.75, 3.05) is 6.61 Å². The van der Waals surface area contributed by atoms with Gasteiger partial charge in [0.1, 0.15) is 5.38 Å². The zero-order valence-electron chi connectivity index (χ0n) is 8.78. The van der Waals surface area contributed by atoms with E-state index in [4.69, 9.17) is 11.6 Å². The van der Waals surface area contributed by atoms with E-state index in [9.17, 15) is 9.90 Å². The first-order valence-corrected chi connectivity index (χ1v) is 6.08. The summed E-state index contributed by atoms with van der Waals surface area (Å²) in [6.45, 7) is 1.43. The zero-order valence-corrected chi connectivity index (χ0v) is 11.1. The Labute approximate surface area is 108 Å². The van der Waals surface area contributed by atoms with E-state index in [1.165, 1.54) is 0 Å². The standard InChI is InChI=1S/C11H13BrClNO2/c1-7(13)11(16)14-10(6-15)8-2-4-9(12)5-3-8/h2-5,7,10,15H,6H2,1H3,(H,14,16). The van der Waals surface area contributed by atoms with E-state index in [0.717, 1.165) is 10.0 Å². The molecule has 0 radical (unpaired) electrons. The number of halogens is 2. The highest BCUT2D eigenvalue weighted by Crippen LogP contribution is 2.17. The van der Waals surface area contributed by atoms with Crippen LogP contribution in [-0.4, -0.2) is 23.0 Å². The van der Waals surface area contributed by atoms with Gasteiger partial charge < -0.3 is 10.4 Å². The number of hydrogen-bond acceptors (Lipinski definition) is 2. The van der Waals surface area contributed by atoms with Gasteiger partial charge in [-0.15, -0.1) is 11.6 Å². The fraction of sp³-hybridized carbons (Fsp3) is 0.364. The van der Waals surface area contributed by atoms with Crippen LogP contribution in [0.2, 0.25) is 0 Å². The molecule has 2 unspecified atom stereocenters. The third kappa shape index (κ3) is 3.77. The Morgan fingerprint density at radius 3 is 2.50 bits per heavy atom. The van der Waals surface area contributed by atoms with Crippen molar-refractivity contribution in [2.24, 2.45) is 0 Å². The maximum Gasteiger partial charge on any atom is 0.238 e. The van der Waals surface area contributed by atoms with Crippen LogP contribution in [0.3, 0.4) is 0 Å². The first-order valence-electron chi connectivity index (χ1n) is 4.85. The summed E-state index contributed by atoms with van der Waals surface area (Å²) >= 11 is 8.96. The van der Waals surface area contributed by atoms with E-state index < -0.39 is 11.4 Å². The van der Waals surface area contributed by atoms with E-state index in [1.54, 1.807) is 6.92 Å². The molecule has 0 aromatic heterocycles. The van der Waals surface area contributed by atoms with Gasteiger partial charge in [-0.25, -0.2) is 0 Å². The molecule has 0 saturated carbocycles. The van der Waals surface area contributed by atoms with Gasteiger partial charge in [-0.3, -0.25) is 4.79 Å². The smallest absolute Gasteiger partial charge is 0.238 e.